The third-order valence-corrected chi connectivity index (χ3v) is 5.06. The number of pyridine rings is 1. The van der Waals surface area contributed by atoms with Crippen LogP contribution in [0.1, 0.15) is 19.3 Å². The first-order valence-corrected chi connectivity index (χ1v) is 7.42. The van der Waals surface area contributed by atoms with E-state index in [0.717, 1.165) is 21.9 Å². The third kappa shape index (κ3) is 1.50. The molecule has 1 saturated carbocycles. The first-order chi connectivity index (χ1) is 8.83. The normalized spacial score (nSPS) is 26.2. The van der Waals surface area contributed by atoms with E-state index in [2.05, 4.69) is 50.1 Å². The van der Waals surface area contributed by atoms with E-state index in [9.17, 15) is 0 Å². The van der Waals surface area contributed by atoms with Gasteiger partial charge in [0.1, 0.15) is 0 Å². The molecule has 1 aliphatic carbocycles. The molecule has 1 aromatic carbocycles. The van der Waals surface area contributed by atoms with Crippen LogP contribution in [-0.4, -0.2) is 17.6 Å². The lowest BCUT2D eigenvalue weighted by Crippen LogP contribution is -2.31. The first-order valence-electron chi connectivity index (χ1n) is 6.63. The summed E-state index contributed by atoms with van der Waals surface area (Å²) in [6.45, 7) is 1.23. The molecular formula is C15H15BrN2. The van der Waals surface area contributed by atoms with Crippen LogP contribution in [0.5, 0.6) is 0 Å². The van der Waals surface area contributed by atoms with Gasteiger partial charge in [-0.15, -0.1) is 0 Å². The molecule has 0 amide bonds. The zero-order valence-electron chi connectivity index (χ0n) is 10.1. The standard InChI is InChI=1S/C15H15BrN2/c16-13-3-1-2-12-14(6-7-17-15(12)13)18-9-10-4-5-11(18)8-10/h1-3,6-7,10-11H,4-5,8-9H2. The fraction of sp³-hybridized carbons (Fsp3) is 0.400. The summed E-state index contributed by atoms with van der Waals surface area (Å²) in [4.78, 5) is 7.10. The topological polar surface area (TPSA) is 16.1 Å². The van der Waals surface area contributed by atoms with Crippen molar-refractivity contribution in [3.05, 3.63) is 34.9 Å². The molecule has 3 heteroatoms. The van der Waals surface area contributed by atoms with Gasteiger partial charge in [-0.3, -0.25) is 4.98 Å². The minimum absolute atomic E-state index is 0.764. The fourth-order valence-corrected chi connectivity index (χ4v) is 4.06. The highest BCUT2D eigenvalue weighted by molar-refractivity contribution is 9.10. The van der Waals surface area contributed by atoms with Crippen LogP contribution in [0.15, 0.2) is 34.9 Å². The van der Waals surface area contributed by atoms with Gasteiger partial charge in [0.05, 0.1) is 5.52 Å². The van der Waals surface area contributed by atoms with Crippen LogP contribution in [0.25, 0.3) is 10.9 Å². The molecule has 0 radical (unpaired) electrons. The highest BCUT2D eigenvalue weighted by atomic mass is 79.9. The number of hydrogen-bond acceptors (Lipinski definition) is 2. The number of rotatable bonds is 1. The van der Waals surface area contributed by atoms with Gasteiger partial charge in [0.2, 0.25) is 0 Å². The third-order valence-electron chi connectivity index (χ3n) is 4.42. The molecule has 0 N–H and O–H groups in total. The Labute approximate surface area is 115 Å². The lowest BCUT2D eigenvalue weighted by atomic mass is 10.1. The molecule has 2 bridgehead atoms. The van der Waals surface area contributed by atoms with Crippen LogP contribution in [-0.2, 0) is 0 Å². The fourth-order valence-electron chi connectivity index (χ4n) is 3.60. The summed E-state index contributed by atoms with van der Waals surface area (Å²) in [7, 11) is 0. The van der Waals surface area contributed by atoms with Gasteiger partial charge in [0.25, 0.3) is 0 Å². The van der Waals surface area contributed by atoms with E-state index in [1.807, 2.05) is 6.20 Å². The van der Waals surface area contributed by atoms with Crippen LogP contribution in [0.4, 0.5) is 5.69 Å². The summed E-state index contributed by atoms with van der Waals surface area (Å²) in [5.74, 6) is 0.922. The van der Waals surface area contributed by atoms with E-state index in [-0.39, 0.29) is 0 Å². The van der Waals surface area contributed by atoms with Crippen molar-refractivity contribution in [3.8, 4) is 0 Å². The molecule has 2 fully saturated rings. The lowest BCUT2D eigenvalue weighted by molar-refractivity contribution is 0.554. The second-order valence-corrected chi connectivity index (χ2v) is 6.31. The number of para-hydroxylation sites is 1. The molecule has 18 heavy (non-hydrogen) atoms. The molecule has 2 aromatic rings. The van der Waals surface area contributed by atoms with E-state index < -0.39 is 0 Å². The van der Waals surface area contributed by atoms with Crippen molar-refractivity contribution < 1.29 is 0 Å². The minimum atomic E-state index is 0.764. The lowest BCUT2D eigenvalue weighted by Gasteiger charge is -2.30. The largest absolute Gasteiger partial charge is 0.368 e. The number of nitrogens with zero attached hydrogens (tertiary/aromatic N) is 2. The molecule has 2 heterocycles. The number of hydrogen-bond donors (Lipinski definition) is 0. The van der Waals surface area contributed by atoms with E-state index >= 15 is 0 Å². The van der Waals surface area contributed by atoms with E-state index in [0.29, 0.717) is 0 Å². The van der Waals surface area contributed by atoms with Crippen molar-refractivity contribution >= 4 is 32.5 Å². The van der Waals surface area contributed by atoms with Gasteiger partial charge in [0, 0.05) is 34.3 Å². The Hall–Kier alpha value is -1.09. The zero-order chi connectivity index (χ0) is 12.1. The average molecular weight is 303 g/mol. The summed E-state index contributed by atoms with van der Waals surface area (Å²) in [6.07, 6.45) is 6.11. The van der Waals surface area contributed by atoms with Gasteiger partial charge < -0.3 is 4.90 Å². The van der Waals surface area contributed by atoms with Crippen LogP contribution >= 0.6 is 15.9 Å². The predicted octanol–water partition coefficient (Wildman–Crippen LogP) is 3.99. The van der Waals surface area contributed by atoms with Crippen LogP contribution in [0.2, 0.25) is 0 Å². The van der Waals surface area contributed by atoms with Crippen molar-refractivity contribution in [2.45, 2.75) is 25.3 Å². The van der Waals surface area contributed by atoms with Gasteiger partial charge in [-0.1, -0.05) is 12.1 Å². The molecule has 2 aliphatic rings. The molecule has 2 atom stereocenters. The van der Waals surface area contributed by atoms with Crippen molar-refractivity contribution in [1.82, 2.24) is 4.98 Å². The molecule has 1 saturated heterocycles. The summed E-state index contributed by atoms with van der Waals surface area (Å²) >= 11 is 3.60. The summed E-state index contributed by atoms with van der Waals surface area (Å²) in [5.41, 5.74) is 2.45. The zero-order valence-corrected chi connectivity index (χ0v) is 11.7. The van der Waals surface area contributed by atoms with Gasteiger partial charge in [-0.25, -0.2) is 0 Å². The van der Waals surface area contributed by atoms with Crippen LogP contribution in [0.3, 0.4) is 0 Å². The highest BCUT2D eigenvalue weighted by Gasteiger charge is 2.38. The molecule has 1 aliphatic heterocycles. The Bertz CT molecular complexity index is 610. The Balaban J connectivity index is 1.88. The molecule has 92 valence electrons. The first kappa shape index (κ1) is 10.8. The number of fused-ring (bicyclic) bond motifs is 3. The van der Waals surface area contributed by atoms with Crippen molar-refractivity contribution in [1.29, 1.82) is 0 Å². The van der Waals surface area contributed by atoms with E-state index in [1.54, 1.807) is 0 Å². The van der Waals surface area contributed by atoms with Gasteiger partial charge in [-0.2, -0.15) is 0 Å². The predicted molar refractivity (Wildman–Crippen MR) is 77.9 cm³/mol. The van der Waals surface area contributed by atoms with Crippen LogP contribution < -0.4 is 4.90 Å². The molecule has 2 nitrogen and oxygen atoms in total. The highest BCUT2D eigenvalue weighted by Crippen LogP contribution is 2.42. The summed E-state index contributed by atoms with van der Waals surface area (Å²) < 4.78 is 1.09. The summed E-state index contributed by atoms with van der Waals surface area (Å²) in [6, 6.07) is 9.30. The Kier molecular flexibility index (Phi) is 2.37. The Morgan fingerprint density at radius 1 is 1.22 bits per heavy atom. The van der Waals surface area contributed by atoms with E-state index in [1.165, 1.54) is 36.9 Å². The van der Waals surface area contributed by atoms with Crippen LogP contribution in [0, 0.1) is 5.92 Å². The number of benzene rings is 1. The maximum atomic E-state index is 4.50. The smallest absolute Gasteiger partial charge is 0.0864 e. The number of aromatic nitrogens is 1. The van der Waals surface area contributed by atoms with Crippen molar-refractivity contribution in [2.75, 3.05) is 11.4 Å². The van der Waals surface area contributed by atoms with Gasteiger partial charge in [-0.05, 0) is 53.2 Å². The van der Waals surface area contributed by atoms with Gasteiger partial charge in [0.15, 0.2) is 0 Å². The molecule has 0 spiro atoms. The second-order valence-electron chi connectivity index (χ2n) is 5.45. The van der Waals surface area contributed by atoms with Crippen molar-refractivity contribution in [3.63, 3.8) is 0 Å². The SMILES string of the molecule is Brc1cccc2c(N3CC4CCC3C4)ccnc12. The summed E-state index contributed by atoms with van der Waals surface area (Å²) in [5, 5.41) is 1.28. The molecule has 1 aromatic heterocycles. The average Bonchev–Trinajstić information content (AvgIpc) is 3.01. The molecule has 4 rings (SSSR count). The van der Waals surface area contributed by atoms with Gasteiger partial charge >= 0.3 is 0 Å². The minimum Gasteiger partial charge on any atom is -0.368 e. The Morgan fingerprint density at radius 2 is 2.17 bits per heavy atom. The van der Waals surface area contributed by atoms with E-state index in [4.69, 9.17) is 0 Å². The number of anilines is 1. The maximum Gasteiger partial charge on any atom is 0.0864 e. The monoisotopic (exact) mass is 302 g/mol. The second kappa shape index (κ2) is 3.95. The number of halogens is 1. The number of piperidine rings is 1. The molecular weight excluding hydrogens is 288 g/mol. The quantitative estimate of drug-likeness (QED) is 0.792. The maximum absolute atomic E-state index is 4.50. The Morgan fingerprint density at radius 3 is 2.94 bits per heavy atom. The van der Waals surface area contributed by atoms with Crippen molar-refractivity contribution in [2.24, 2.45) is 5.92 Å². The molecule has 2 unspecified atom stereocenters.